The van der Waals surface area contributed by atoms with E-state index in [2.05, 4.69) is 383 Å². The maximum atomic E-state index is 6.40. The number of fused-ring (bicyclic) bond motifs is 18. The van der Waals surface area contributed by atoms with E-state index in [-0.39, 0.29) is 65.0 Å². The average molecular weight is 1890 g/mol. The zero-order valence-electron chi connectivity index (χ0n) is 92.5. The van der Waals surface area contributed by atoms with Gasteiger partial charge in [-0.05, 0) is 502 Å². The number of hydrogen-bond donors (Lipinski definition) is 0. The van der Waals surface area contributed by atoms with E-state index in [4.69, 9.17) is 19.9 Å². The largest absolute Gasteiger partial charge is 0.244 e. The van der Waals surface area contributed by atoms with Crippen molar-refractivity contribution in [2.24, 2.45) is 0 Å². The van der Waals surface area contributed by atoms with Crippen molar-refractivity contribution in [3.63, 3.8) is 0 Å². The molecule has 31 rings (SSSR count). The molecule has 0 aliphatic carbocycles. The van der Waals surface area contributed by atoms with Crippen LogP contribution in [0.1, 0.15) is 316 Å². The Morgan fingerprint density at radius 3 is 0.349 bits per heavy atom. The molecule has 718 valence electrons. The van der Waals surface area contributed by atoms with Crippen molar-refractivity contribution < 1.29 is 0 Å². The van der Waals surface area contributed by atoms with Crippen LogP contribution in [-0.2, 0) is 65.0 Å². The van der Waals surface area contributed by atoms with Gasteiger partial charge in [-0.3, -0.25) is 0 Å². The first-order valence-electron chi connectivity index (χ1n) is 54.5. The molecule has 0 radical (unpaired) electrons. The molecule has 0 saturated heterocycles. The summed E-state index contributed by atoms with van der Waals surface area (Å²) in [7, 11) is 0. The van der Waals surface area contributed by atoms with E-state index in [9.17, 15) is 0 Å². The summed E-state index contributed by atoms with van der Waals surface area (Å²) in [6.45, 7) is 88.3. The van der Waals surface area contributed by atoms with Gasteiger partial charge in [-0.2, -0.15) is 0 Å². The molecular weight excluding hydrogens is 1760 g/mol. The molecule has 0 spiro atoms. The van der Waals surface area contributed by atoms with Crippen molar-refractivity contribution in [1.29, 1.82) is 0 Å². The monoisotopic (exact) mass is 1890 g/mol. The second-order valence-corrected chi connectivity index (χ2v) is 59.1. The molecule has 29 aromatic carbocycles. The van der Waals surface area contributed by atoms with Gasteiger partial charge in [0.2, 0.25) is 0 Å². The minimum atomic E-state index is -0.353. The van der Waals surface area contributed by atoms with Crippen LogP contribution < -0.4 is 0 Å². The van der Waals surface area contributed by atoms with Gasteiger partial charge in [0.1, 0.15) is 0 Å². The van der Waals surface area contributed by atoms with Crippen molar-refractivity contribution in [1.82, 2.24) is 19.9 Å². The van der Waals surface area contributed by atoms with Gasteiger partial charge in [-0.1, -0.05) is 249 Å². The van der Waals surface area contributed by atoms with Crippen molar-refractivity contribution in [2.75, 3.05) is 0 Å². The molecule has 0 aliphatic heterocycles. The highest BCUT2D eigenvalue weighted by Gasteiger charge is 2.44. The first-order chi connectivity index (χ1) is 68.0. The summed E-state index contributed by atoms with van der Waals surface area (Å²) >= 11 is 0. The highest BCUT2D eigenvalue weighted by atomic mass is 14.9. The first-order valence-corrected chi connectivity index (χ1v) is 54.5. The van der Waals surface area contributed by atoms with Crippen LogP contribution >= 0.6 is 0 Å². The number of hydrogen-bond acceptors (Lipinski definition) is 4. The predicted molar refractivity (Wildman–Crippen MR) is 644 cm³/mol. The number of rotatable bonds is 0. The molecule has 31 aromatic rings. The highest BCUT2D eigenvalue weighted by Crippen LogP contribution is 2.69. The Morgan fingerprint density at radius 1 is 0.103 bits per heavy atom. The first kappa shape index (κ1) is 87.2. The lowest BCUT2D eigenvalue weighted by Gasteiger charge is -2.35. The molecular formula is C142H130N4. The Kier molecular flexibility index (Phi) is 14.9. The fourth-order valence-corrected chi connectivity index (χ4v) is 30.0. The number of benzene rings is 29. The average Bonchev–Trinajstić information content (AvgIpc) is 0.634. The Hall–Kier alpha value is -13.0. The van der Waals surface area contributed by atoms with Gasteiger partial charge in [-0.15, -0.1) is 0 Å². The van der Waals surface area contributed by atoms with Crippen LogP contribution in [0.3, 0.4) is 0 Å². The van der Waals surface area contributed by atoms with E-state index in [0.29, 0.717) is 0 Å². The zero-order valence-corrected chi connectivity index (χ0v) is 92.5. The van der Waals surface area contributed by atoms with Crippen molar-refractivity contribution in [3.8, 4) is 0 Å². The molecule has 146 heavy (non-hydrogen) atoms. The second kappa shape index (κ2) is 25.0. The summed E-state index contributed by atoms with van der Waals surface area (Å²) in [6.07, 6.45) is 0. The van der Waals surface area contributed by atoms with Gasteiger partial charge >= 0.3 is 0 Å². The Bertz CT molecular complexity index is 10200. The highest BCUT2D eigenvalue weighted by molar-refractivity contribution is 6.66. The quantitative estimate of drug-likeness (QED) is 0.112. The van der Waals surface area contributed by atoms with Crippen LogP contribution in [0.5, 0.6) is 0 Å². The summed E-state index contributed by atoms with van der Waals surface area (Å²) in [5, 5.41) is 70.8. The molecule has 0 fully saturated rings. The molecule has 0 saturated carbocycles. The lowest BCUT2D eigenvalue weighted by atomic mass is 9.68. The van der Waals surface area contributed by atoms with Gasteiger partial charge in [-0.25, -0.2) is 19.9 Å². The van der Waals surface area contributed by atoms with Gasteiger partial charge in [0, 0.05) is 43.1 Å². The smallest absolute Gasteiger partial charge is 0.0979 e. The van der Waals surface area contributed by atoms with E-state index in [1.807, 2.05) is 0 Å². The van der Waals surface area contributed by atoms with E-state index < -0.39 is 0 Å². The van der Waals surface area contributed by atoms with Crippen molar-refractivity contribution >= 4 is 324 Å². The number of nitrogens with zero attached hydrogens (tertiary/aromatic N) is 4. The van der Waals surface area contributed by atoms with Crippen LogP contribution in [0.2, 0.25) is 0 Å². The summed E-state index contributed by atoms with van der Waals surface area (Å²) < 4.78 is 0. The minimum absolute atomic E-state index is 0.151. The van der Waals surface area contributed by atoms with Crippen LogP contribution in [0, 0.1) is 0 Å². The lowest BCUT2D eigenvalue weighted by Crippen LogP contribution is -2.16. The Morgan fingerprint density at radius 2 is 0.219 bits per heavy atom. The third kappa shape index (κ3) is 10.1. The van der Waals surface area contributed by atoms with E-state index in [1.165, 1.54) is 325 Å². The summed E-state index contributed by atoms with van der Waals surface area (Å²) in [5.74, 6) is 0. The molecule has 4 heteroatoms. The minimum Gasteiger partial charge on any atom is -0.244 e. The predicted octanol–water partition coefficient (Wildman–Crippen LogP) is 41.6. The Balaban J connectivity index is 0.805. The Labute approximate surface area is 852 Å². The zero-order chi connectivity index (χ0) is 102. The van der Waals surface area contributed by atoms with Gasteiger partial charge in [0.05, 0.1) is 44.1 Å². The van der Waals surface area contributed by atoms with E-state index in [1.54, 1.807) is 0 Å². The molecule has 2 heterocycles. The summed E-state index contributed by atoms with van der Waals surface area (Å²) in [5.41, 5.74) is 20.4. The number of aromatic nitrogens is 4. The van der Waals surface area contributed by atoms with Gasteiger partial charge in [0.25, 0.3) is 0 Å². The third-order valence-corrected chi connectivity index (χ3v) is 37.4. The van der Waals surface area contributed by atoms with Crippen LogP contribution in [-0.4, -0.2) is 19.9 Å². The summed E-state index contributed by atoms with van der Waals surface area (Å²) in [4.78, 5) is 25.6. The molecule has 0 atom stereocenters. The fourth-order valence-electron chi connectivity index (χ4n) is 30.0. The SMILES string of the molecule is CC(C)(C)c1cc2c3cc(C(C)(C)C)cc4c5cc(C(C)(C)C)cc6c7c(C(C)(C)C)cc8c9nc%10cc%11nc%12c%13cc(C(C)(C)C)c%14c%15cc(C(C)(C)C)cc%16c%17cc(C(C)(C)C)cc%18c%19cc(C(C)(C)C)cc%20c%21cc(C(C)(C)C)cc%22c%23c(C(C)(C)C)cc(c%12nc%11cc%10nc9c9cc(C(C)(C)C)c%10c%11cc(C(C)(C)C)cc%12c(c1)c2c1c(c34)c(c56)c2c7c8c9c%10c2c1c%12%11)c1c%13c%14c2c(c%16%15)c(c%18%17)c(c%19%20)c(c%21%22)c2c%231. The molecule has 0 bridgehead atoms. The second-order valence-electron chi connectivity index (χ2n) is 59.1. The van der Waals surface area contributed by atoms with E-state index >= 15 is 0 Å². The summed E-state index contributed by atoms with van der Waals surface area (Å²) in [6, 6.07) is 57.8. The van der Waals surface area contributed by atoms with Crippen molar-refractivity contribution in [2.45, 2.75) is 314 Å². The van der Waals surface area contributed by atoms with Crippen LogP contribution in [0.4, 0.5) is 0 Å². The van der Waals surface area contributed by atoms with Gasteiger partial charge in [0.15, 0.2) is 0 Å². The molecule has 0 aliphatic rings. The molecule has 0 unspecified atom stereocenters. The van der Waals surface area contributed by atoms with Crippen LogP contribution in [0.15, 0.2) is 133 Å². The van der Waals surface area contributed by atoms with Crippen LogP contribution in [0.25, 0.3) is 324 Å². The normalized spacial score (nSPS) is 15.0. The maximum absolute atomic E-state index is 6.40. The molecule has 0 N–H and O–H groups in total. The molecule has 4 nitrogen and oxygen atoms in total. The van der Waals surface area contributed by atoms with Crippen molar-refractivity contribution in [3.05, 3.63) is 200 Å². The fraction of sp³-hybridized carbons (Fsp3) is 0.338. The standard InChI is InChI=1S/C142H130N4/c1-131(2,3)59-37-67-68-38-60(132(4,5)6)42-72-76-46-64(136(16,17)18)50-80-100(76)116-112(96(68)72)111-95(67)71(41-59)75-45-63(135(13,14)15)49-79-99(75)115(111)123-119-103(79)87(139(25,26)27)53-83-107(119)108-84(54-88(140(28,29)30)104(80)120(108)124(116)123)128-127(83)143-91-57-93-94(58-92(91)144-128)146-130-86-56-90(142(34,35)36)106-82-52-66(138(22,23)24)48-78-74-44-62(134(10,11)12)40-70-69-39-61(133(7,8)9)43-73-77-47-65(137(19,20)21)51-81-101(77)117-113(97(69)73)114(98(70)74)118(102(78)82)126-122(106)110(86)109-85(129(130)145-93)55-89(141(31,32)33)105(81)121(109)125(117)126/h37-58H,1-36H3. The maximum Gasteiger partial charge on any atom is 0.0979 e. The molecule has 0 amide bonds. The third-order valence-electron chi connectivity index (χ3n) is 37.4. The van der Waals surface area contributed by atoms with E-state index in [0.717, 1.165) is 65.7 Å². The lowest BCUT2D eigenvalue weighted by molar-refractivity contribution is 0.590. The topological polar surface area (TPSA) is 51.6 Å². The molecule has 2 aromatic heterocycles. The van der Waals surface area contributed by atoms with Gasteiger partial charge < -0.3 is 0 Å².